The minimum absolute atomic E-state index is 0. The van der Waals surface area contributed by atoms with Crippen LogP contribution in [0.25, 0.3) is 0 Å². The number of thioether (sulfide) groups is 1. The largest absolute Gasteiger partial charge is 0.338 e. The number of hydrogen-bond acceptors (Lipinski definition) is 4. The number of amides is 2. The molecule has 0 aliphatic carbocycles. The normalized spacial score (nSPS) is 17.6. The first-order valence-electron chi connectivity index (χ1n) is 8.73. The second-order valence-corrected chi connectivity index (χ2v) is 7.32. The molecular weight excluding hydrogens is 358 g/mol. The molecule has 1 N–H and O–H groups in total. The van der Waals surface area contributed by atoms with E-state index in [9.17, 15) is 9.59 Å². The summed E-state index contributed by atoms with van der Waals surface area (Å²) in [4.78, 5) is 30.1. The van der Waals surface area contributed by atoms with Gasteiger partial charge < -0.3 is 15.1 Å². The maximum Gasteiger partial charge on any atom is 0.242 e. The number of hydrogen-bond donors (Lipinski definition) is 1. The molecule has 0 aromatic heterocycles. The van der Waals surface area contributed by atoms with Crippen LogP contribution in [0, 0.1) is 0 Å². The van der Waals surface area contributed by atoms with Crippen molar-refractivity contribution in [2.75, 3.05) is 36.8 Å². The van der Waals surface area contributed by atoms with Crippen molar-refractivity contribution in [3.05, 3.63) is 24.3 Å². The zero-order valence-corrected chi connectivity index (χ0v) is 16.2. The van der Waals surface area contributed by atoms with E-state index in [1.165, 1.54) is 0 Å². The van der Waals surface area contributed by atoms with E-state index in [0.29, 0.717) is 11.8 Å². The number of halogens is 1. The Balaban J connectivity index is 0.00000225. The fourth-order valence-electron chi connectivity index (χ4n) is 3.42. The highest BCUT2D eigenvalue weighted by Crippen LogP contribution is 2.34. The van der Waals surface area contributed by atoms with Crippen molar-refractivity contribution in [1.82, 2.24) is 10.2 Å². The topological polar surface area (TPSA) is 52.7 Å². The molecule has 2 aliphatic rings. The average Bonchev–Trinajstić information content (AvgIpc) is 2.62. The lowest BCUT2D eigenvalue weighted by Gasteiger charge is -2.37. The SMILES string of the molecule is CCCN(C(=O)CN1C(=O)CSc2ccccc21)C1CCNCC1.Cl. The lowest BCUT2D eigenvalue weighted by molar-refractivity contribution is -0.133. The van der Waals surface area contributed by atoms with Gasteiger partial charge >= 0.3 is 0 Å². The van der Waals surface area contributed by atoms with Crippen LogP contribution in [0.3, 0.4) is 0 Å². The van der Waals surface area contributed by atoms with Crippen LogP contribution in [0.2, 0.25) is 0 Å². The molecule has 0 bridgehead atoms. The summed E-state index contributed by atoms with van der Waals surface area (Å²) < 4.78 is 0. The first kappa shape index (κ1) is 20.1. The number of nitrogens with one attached hydrogen (secondary N) is 1. The lowest BCUT2D eigenvalue weighted by atomic mass is 10.0. The van der Waals surface area contributed by atoms with Crippen LogP contribution in [0.5, 0.6) is 0 Å². The Labute approximate surface area is 159 Å². The van der Waals surface area contributed by atoms with E-state index in [1.807, 2.05) is 29.2 Å². The fraction of sp³-hybridized carbons (Fsp3) is 0.556. The van der Waals surface area contributed by atoms with Crippen LogP contribution in [0.1, 0.15) is 26.2 Å². The predicted octanol–water partition coefficient (Wildman–Crippen LogP) is 2.54. The lowest BCUT2D eigenvalue weighted by Crippen LogP contribution is -2.51. The second-order valence-electron chi connectivity index (χ2n) is 6.30. The first-order valence-corrected chi connectivity index (χ1v) is 9.71. The van der Waals surface area contributed by atoms with Gasteiger partial charge in [0, 0.05) is 17.5 Å². The maximum atomic E-state index is 13.0. The number of para-hydroxylation sites is 1. The third-order valence-corrected chi connectivity index (χ3v) is 5.68. The predicted molar refractivity (Wildman–Crippen MR) is 105 cm³/mol. The molecule has 3 rings (SSSR count). The third kappa shape index (κ3) is 4.68. The molecule has 0 saturated carbocycles. The molecule has 0 radical (unpaired) electrons. The van der Waals surface area contributed by atoms with E-state index in [1.54, 1.807) is 16.7 Å². The van der Waals surface area contributed by atoms with Gasteiger partial charge in [0.05, 0.1) is 11.4 Å². The van der Waals surface area contributed by atoms with Gasteiger partial charge in [0.25, 0.3) is 0 Å². The van der Waals surface area contributed by atoms with Crippen molar-refractivity contribution >= 4 is 41.7 Å². The van der Waals surface area contributed by atoms with E-state index in [-0.39, 0.29) is 30.8 Å². The quantitative estimate of drug-likeness (QED) is 0.848. The van der Waals surface area contributed by atoms with Crippen LogP contribution in [-0.2, 0) is 9.59 Å². The highest BCUT2D eigenvalue weighted by molar-refractivity contribution is 8.00. The van der Waals surface area contributed by atoms with Crippen molar-refractivity contribution in [2.45, 2.75) is 37.1 Å². The van der Waals surface area contributed by atoms with Gasteiger partial charge in [-0.05, 0) is 44.5 Å². The molecule has 138 valence electrons. The summed E-state index contributed by atoms with van der Waals surface area (Å²) >= 11 is 1.55. The Morgan fingerprint density at radius 2 is 2.04 bits per heavy atom. The summed E-state index contributed by atoms with van der Waals surface area (Å²) in [5, 5.41) is 3.35. The molecule has 2 aliphatic heterocycles. The second kappa shape index (κ2) is 9.46. The Morgan fingerprint density at radius 3 is 2.76 bits per heavy atom. The van der Waals surface area contributed by atoms with Crippen LogP contribution in [0.4, 0.5) is 5.69 Å². The Bertz CT molecular complexity index is 608. The summed E-state index contributed by atoms with van der Waals surface area (Å²) in [5.41, 5.74) is 0.869. The van der Waals surface area contributed by atoms with Crippen LogP contribution in [0.15, 0.2) is 29.2 Å². The van der Waals surface area contributed by atoms with E-state index in [0.717, 1.165) is 49.5 Å². The Hall–Kier alpha value is -1.24. The smallest absolute Gasteiger partial charge is 0.242 e. The first-order chi connectivity index (χ1) is 11.7. The standard InChI is InChI=1S/C18H25N3O2S.ClH/c1-2-11-20(14-7-9-19-10-8-14)17(22)12-21-15-5-3-4-6-16(15)24-13-18(21)23;/h3-6,14,19H,2,7-13H2,1H3;1H. The highest BCUT2D eigenvalue weighted by atomic mass is 35.5. The number of benzene rings is 1. The van der Waals surface area contributed by atoms with Gasteiger partial charge in [-0.25, -0.2) is 0 Å². The summed E-state index contributed by atoms with van der Waals surface area (Å²) in [7, 11) is 0. The molecule has 2 heterocycles. The average molecular weight is 384 g/mol. The number of carbonyl (C=O) groups is 2. The number of rotatable bonds is 5. The van der Waals surface area contributed by atoms with Gasteiger partial charge in [0.2, 0.25) is 11.8 Å². The van der Waals surface area contributed by atoms with Crippen LogP contribution >= 0.6 is 24.2 Å². The number of carbonyl (C=O) groups excluding carboxylic acids is 2. The van der Waals surface area contributed by atoms with Gasteiger partial charge in [-0.3, -0.25) is 9.59 Å². The van der Waals surface area contributed by atoms with Gasteiger partial charge in [-0.2, -0.15) is 0 Å². The third-order valence-electron chi connectivity index (χ3n) is 4.64. The van der Waals surface area contributed by atoms with Crippen molar-refractivity contribution in [2.24, 2.45) is 0 Å². The minimum atomic E-state index is 0. The van der Waals surface area contributed by atoms with E-state index in [2.05, 4.69) is 12.2 Å². The van der Waals surface area contributed by atoms with Crippen molar-refractivity contribution in [1.29, 1.82) is 0 Å². The van der Waals surface area contributed by atoms with E-state index in [4.69, 9.17) is 0 Å². The number of fused-ring (bicyclic) bond motifs is 1. The number of anilines is 1. The fourth-order valence-corrected chi connectivity index (χ4v) is 4.36. The van der Waals surface area contributed by atoms with E-state index >= 15 is 0 Å². The van der Waals surface area contributed by atoms with Gasteiger partial charge in [-0.1, -0.05) is 19.1 Å². The number of nitrogens with zero attached hydrogens (tertiary/aromatic N) is 2. The summed E-state index contributed by atoms with van der Waals surface area (Å²) in [5.74, 6) is 0.499. The summed E-state index contributed by atoms with van der Waals surface area (Å²) in [6.45, 7) is 4.93. The molecule has 2 amide bonds. The Kier molecular flexibility index (Phi) is 7.59. The van der Waals surface area contributed by atoms with Crippen LogP contribution < -0.4 is 10.2 Å². The molecule has 1 aromatic rings. The molecule has 5 nitrogen and oxygen atoms in total. The molecule has 0 unspecified atom stereocenters. The number of piperidine rings is 1. The van der Waals surface area contributed by atoms with Crippen LogP contribution in [-0.4, -0.2) is 54.7 Å². The molecular formula is C18H26ClN3O2S. The van der Waals surface area contributed by atoms with Gasteiger partial charge in [-0.15, -0.1) is 24.2 Å². The highest BCUT2D eigenvalue weighted by Gasteiger charge is 2.30. The minimum Gasteiger partial charge on any atom is -0.338 e. The van der Waals surface area contributed by atoms with Gasteiger partial charge in [0.15, 0.2) is 0 Å². The zero-order valence-electron chi connectivity index (χ0n) is 14.6. The zero-order chi connectivity index (χ0) is 16.9. The van der Waals surface area contributed by atoms with Crippen molar-refractivity contribution < 1.29 is 9.59 Å². The molecule has 7 heteroatoms. The van der Waals surface area contributed by atoms with Crippen molar-refractivity contribution in [3.63, 3.8) is 0 Å². The molecule has 1 saturated heterocycles. The molecule has 0 spiro atoms. The summed E-state index contributed by atoms with van der Waals surface area (Å²) in [6, 6.07) is 8.14. The maximum absolute atomic E-state index is 13.0. The molecule has 1 fully saturated rings. The molecule has 25 heavy (non-hydrogen) atoms. The molecule has 1 aromatic carbocycles. The Morgan fingerprint density at radius 1 is 1.32 bits per heavy atom. The molecule has 0 atom stereocenters. The van der Waals surface area contributed by atoms with Crippen molar-refractivity contribution in [3.8, 4) is 0 Å². The monoisotopic (exact) mass is 383 g/mol. The van der Waals surface area contributed by atoms with Gasteiger partial charge in [0.1, 0.15) is 6.54 Å². The summed E-state index contributed by atoms with van der Waals surface area (Å²) in [6.07, 6.45) is 2.92. The van der Waals surface area contributed by atoms with E-state index < -0.39 is 0 Å².